The highest BCUT2D eigenvalue weighted by Gasteiger charge is 2.47. The van der Waals surface area contributed by atoms with Gasteiger partial charge in [-0.1, -0.05) is 36.4 Å². The summed E-state index contributed by atoms with van der Waals surface area (Å²) in [5.74, 6) is -1.24. The first-order valence-corrected chi connectivity index (χ1v) is 11.8. The van der Waals surface area contributed by atoms with Crippen LogP contribution in [0.5, 0.6) is 5.75 Å². The molecule has 6 heteroatoms. The zero-order chi connectivity index (χ0) is 25.1. The molecule has 4 rings (SSSR count). The van der Waals surface area contributed by atoms with Gasteiger partial charge in [-0.05, 0) is 68.3 Å². The van der Waals surface area contributed by atoms with Crippen molar-refractivity contribution in [1.82, 2.24) is 0 Å². The van der Waals surface area contributed by atoms with Gasteiger partial charge < -0.3 is 14.7 Å². The summed E-state index contributed by atoms with van der Waals surface area (Å²) in [7, 11) is 1.50. The van der Waals surface area contributed by atoms with Gasteiger partial charge in [-0.15, -0.1) is 0 Å². The standard InChI is InChI=1S/C29H30N2O4/c1-5-30(6-2)21-16-14-20(15-17-21)26-25(27(32)23-12-7-8-13-24(23)35-4)28(33)29(34)31(26)22-11-9-10-19(3)18-22/h7-18,26,32H,5-6H2,1-4H3/b27-25+. The number of anilines is 2. The van der Waals surface area contributed by atoms with Crippen molar-refractivity contribution in [2.75, 3.05) is 30.0 Å². The first-order chi connectivity index (χ1) is 16.9. The number of hydrogen-bond donors (Lipinski definition) is 1. The maximum Gasteiger partial charge on any atom is 0.300 e. The Kier molecular flexibility index (Phi) is 6.92. The molecule has 3 aromatic rings. The minimum absolute atomic E-state index is 0.0385. The number of benzene rings is 3. The number of ether oxygens (including phenoxy) is 1. The molecule has 1 N–H and O–H groups in total. The number of methoxy groups -OCH3 is 1. The molecule has 0 radical (unpaired) electrons. The lowest BCUT2D eigenvalue weighted by Crippen LogP contribution is -2.29. The number of hydrogen-bond acceptors (Lipinski definition) is 5. The quantitative estimate of drug-likeness (QED) is 0.281. The van der Waals surface area contributed by atoms with E-state index in [4.69, 9.17) is 4.74 Å². The van der Waals surface area contributed by atoms with Gasteiger partial charge in [0.2, 0.25) is 0 Å². The van der Waals surface area contributed by atoms with E-state index in [0.717, 1.165) is 29.9 Å². The van der Waals surface area contributed by atoms with Crippen LogP contribution >= 0.6 is 0 Å². The summed E-state index contributed by atoms with van der Waals surface area (Å²) >= 11 is 0. The van der Waals surface area contributed by atoms with E-state index < -0.39 is 17.7 Å². The lowest BCUT2D eigenvalue weighted by Gasteiger charge is -2.27. The molecule has 0 aromatic heterocycles. The third-order valence-electron chi connectivity index (χ3n) is 6.42. The smallest absolute Gasteiger partial charge is 0.300 e. The largest absolute Gasteiger partial charge is 0.507 e. The third kappa shape index (κ3) is 4.39. The van der Waals surface area contributed by atoms with E-state index in [2.05, 4.69) is 18.7 Å². The lowest BCUT2D eigenvalue weighted by molar-refractivity contribution is -0.132. The number of para-hydroxylation sites is 1. The Balaban J connectivity index is 1.93. The molecule has 6 nitrogen and oxygen atoms in total. The molecule has 0 saturated carbocycles. The van der Waals surface area contributed by atoms with Crippen LogP contribution in [0.2, 0.25) is 0 Å². The predicted molar refractivity (Wildman–Crippen MR) is 139 cm³/mol. The van der Waals surface area contributed by atoms with Crippen LogP contribution in [0.15, 0.2) is 78.4 Å². The molecule has 0 spiro atoms. The maximum atomic E-state index is 13.4. The van der Waals surface area contributed by atoms with Crippen LogP contribution in [-0.4, -0.2) is 37.0 Å². The highest BCUT2D eigenvalue weighted by molar-refractivity contribution is 6.51. The molecule has 1 saturated heterocycles. The first kappa shape index (κ1) is 24.1. The number of carbonyl (C=O) groups is 2. The number of Topliss-reactive ketones (excluding diaryl/α,β-unsaturated/α-hetero) is 1. The molecule has 1 amide bonds. The second-order valence-electron chi connectivity index (χ2n) is 8.47. The van der Waals surface area contributed by atoms with Gasteiger partial charge in [-0.2, -0.15) is 0 Å². The number of aliphatic hydroxyl groups is 1. The van der Waals surface area contributed by atoms with Gasteiger partial charge in [-0.3, -0.25) is 14.5 Å². The Morgan fingerprint density at radius 1 is 0.971 bits per heavy atom. The Morgan fingerprint density at radius 3 is 2.29 bits per heavy atom. The fourth-order valence-electron chi connectivity index (χ4n) is 4.63. The van der Waals surface area contributed by atoms with Crippen LogP contribution in [0.25, 0.3) is 5.76 Å². The summed E-state index contributed by atoms with van der Waals surface area (Å²) in [5, 5.41) is 11.4. The molecule has 3 aromatic carbocycles. The summed E-state index contributed by atoms with van der Waals surface area (Å²) in [6, 6.07) is 21.4. The van der Waals surface area contributed by atoms with Gasteiger partial charge in [0.25, 0.3) is 11.7 Å². The van der Waals surface area contributed by atoms with E-state index in [1.54, 1.807) is 30.3 Å². The van der Waals surface area contributed by atoms with Crippen molar-refractivity contribution in [3.63, 3.8) is 0 Å². The fourth-order valence-corrected chi connectivity index (χ4v) is 4.63. The normalized spacial score (nSPS) is 17.0. The number of aryl methyl sites for hydroxylation is 1. The van der Waals surface area contributed by atoms with Crippen molar-refractivity contribution >= 4 is 28.8 Å². The van der Waals surface area contributed by atoms with Gasteiger partial charge in [0.15, 0.2) is 0 Å². The van der Waals surface area contributed by atoms with Crippen LogP contribution in [0.4, 0.5) is 11.4 Å². The van der Waals surface area contributed by atoms with Gasteiger partial charge in [0.1, 0.15) is 11.5 Å². The first-order valence-electron chi connectivity index (χ1n) is 11.8. The van der Waals surface area contributed by atoms with Crippen molar-refractivity contribution in [2.24, 2.45) is 0 Å². The topological polar surface area (TPSA) is 70.1 Å². The van der Waals surface area contributed by atoms with Gasteiger partial charge >= 0.3 is 0 Å². The van der Waals surface area contributed by atoms with E-state index in [1.807, 2.05) is 49.4 Å². The molecule has 180 valence electrons. The summed E-state index contributed by atoms with van der Waals surface area (Å²) in [6.45, 7) is 7.86. The number of aliphatic hydroxyl groups excluding tert-OH is 1. The highest BCUT2D eigenvalue weighted by Crippen LogP contribution is 2.43. The zero-order valence-corrected chi connectivity index (χ0v) is 20.5. The lowest BCUT2D eigenvalue weighted by atomic mass is 9.94. The molecule has 35 heavy (non-hydrogen) atoms. The van der Waals surface area contributed by atoms with E-state index in [0.29, 0.717) is 17.0 Å². The number of rotatable bonds is 7. The van der Waals surface area contributed by atoms with Gasteiger partial charge in [0.05, 0.1) is 24.3 Å². The van der Waals surface area contributed by atoms with E-state index in [9.17, 15) is 14.7 Å². The molecule has 1 unspecified atom stereocenters. The van der Waals surface area contributed by atoms with Crippen LogP contribution in [0.3, 0.4) is 0 Å². The molecular formula is C29H30N2O4. The zero-order valence-electron chi connectivity index (χ0n) is 20.5. The average Bonchev–Trinajstić information content (AvgIpc) is 3.15. The summed E-state index contributed by atoms with van der Waals surface area (Å²) in [5.41, 5.74) is 3.75. The molecule has 1 fully saturated rings. The molecule has 1 aliphatic heterocycles. The second kappa shape index (κ2) is 10.1. The van der Waals surface area contributed by atoms with Crippen LogP contribution in [0, 0.1) is 6.92 Å². The Hall–Kier alpha value is -4.06. The molecular weight excluding hydrogens is 440 g/mol. The summed E-state index contributed by atoms with van der Waals surface area (Å²) in [4.78, 5) is 30.4. The maximum absolute atomic E-state index is 13.4. The second-order valence-corrected chi connectivity index (χ2v) is 8.47. The molecule has 1 atom stereocenters. The third-order valence-corrected chi connectivity index (χ3v) is 6.42. The van der Waals surface area contributed by atoms with Crippen molar-refractivity contribution in [3.05, 3.63) is 95.1 Å². The van der Waals surface area contributed by atoms with E-state index in [-0.39, 0.29) is 11.3 Å². The fraction of sp³-hybridized carbons (Fsp3) is 0.241. The molecule has 1 aliphatic rings. The van der Waals surface area contributed by atoms with Crippen LogP contribution in [0.1, 0.15) is 36.6 Å². The van der Waals surface area contributed by atoms with Crippen molar-refractivity contribution in [1.29, 1.82) is 0 Å². The Bertz CT molecular complexity index is 1280. The van der Waals surface area contributed by atoms with E-state index >= 15 is 0 Å². The number of ketones is 1. The SMILES string of the molecule is CCN(CC)c1ccc(C2/C(=C(\O)c3ccccc3OC)C(=O)C(=O)N2c2cccc(C)c2)cc1. The average molecular weight is 471 g/mol. The highest BCUT2D eigenvalue weighted by atomic mass is 16.5. The van der Waals surface area contributed by atoms with Crippen molar-refractivity contribution in [2.45, 2.75) is 26.8 Å². The molecule has 0 bridgehead atoms. The molecule has 1 heterocycles. The van der Waals surface area contributed by atoms with Crippen LogP contribution in [-0.2, 0) is 9.59 Å². The summed E-state index contributed by atoms with van der Waals surface area (Å²) in [6.07, 6.45) is 0. The monoisotopic (exact) mass is 470 g/mol. The minimum atomic E-state index is -0.785. The summed E-state index contributed by atoms with van der Waals surface area (Å²) < 4.78 is 5.41. The van der Waals surface area contributed by atoms with E-state index in [1.165, 1.54) is 12.0 Å². The van der Waals surface area contributed by atoms with Gasteiger partial charge in [-0.25, -0.2) is 0 Å². The minimum Gasteiger partial charge on any atom is -0.507 e. The van der Waals surface area contributed by atoms with Gasteiger partial charge in [0, 0.05) is 24.5 Å². The number of amides is 1. The number of nitrogens with zero attached hydrogens (tertiary/aromatic N) is 2. The Morgan fingerprint density at radius 2 is 1.66 bits per heavy atom. The van der Waals surface area contributed by atoms with Crippen LogP contribution < -0.4 is 14.5 Å². The number of carbonyl (C=O) groups excluding carboxylic acids is 2. The van der Waals surface area contributed by atoms with Crippen molar-refractivity contribution < 1.29 is 19.4 Å². The van der Waals surface area contributed by atoms with Crippen molar-refractivity contribution in [3.8, 4) is 5.75 Å². The Labute approximate surface area is 206 Å². The molecule has 0 aliphatic carbocycles. The predicted octanol–water partition coefficient (Wildman–Crippen LogP) is 5.48.